The van der Waals surface area contributed by atoms with Crippen LogP contribution < -0.4 is 4.90 Å². The van der Waals surface area contributed by atoms with Crippen LogP contribution in [0, 0.1) is 0 Å². The lowest BCUT2D eigenvalue weighted by atomic mass is 10.1. The first-order valence-electron chi connectivity index (χ1n) is 6.59. The molecule has 2 aromatic rings. The van der Waals surface area contributed by atoms with Crippen molar-refractivity contribution in [3.05, 3.63) is 30.0 Å². The molecule has 94 valence electrons. The number of hydrogen-bond acceptors (Lipinski definition) is 1. The van der Waals surface area contributed by atoms with Gasteiger partial charge in [-0.1, -0.05) is 19.1 Å². The number of nitrogens with zero attached hydrogens (tertiary/aromatic N) is 2. The van der Waals surface area contributed by atoms with Gasteiger partial charge in [0.05, 0.1) is 11.2 Å². The number of fused-ring (bicyclic) bond motifs is 1. The minimum atomic E-state index is 0.252. The van der Waals surface area contributed by atoms with Gasteiger partial charge in [0, 0.05) is 31.6 Å². The minimum Gasteiger partial charge on any atom is -0.349 e. The molecule has 3 nitrogen and oxygen atoms in total. The Morgan fingerprint density at radius 3 is 2.83 bits per heavy atom. The van der Waals surface area contributed by atoms with Gasteiger partial charge < -0.3 is 9.47 Å². The van der Waals surface area contributed by atoms with E-state index in [9.17, 15) is 4.79 Å². The van der Waals surface area contributed by atoms with Crippen molar-refractivity contribution in [1.29, 1.82) is 0 Å². The second-order valence-corrected chi connectivity index (χ2v) is 4.94. The molecule has 1 saturated heterocycles. The van der Waals surface area contributed by atoms with Crippen LogP contribution in [0.4, 0.5) is 5.69 Å². The van der Waals surface area contributed by atoms with E-state index >= 15 is 0 Å². The smallest absolute Gasteiger partial charge is 0.227 e. The molecule has 0 N–H and O–H groups in total. The first kappa shape index (κ1) is 11.3. The quantitative estimate of drug-likeness (QED) is 0.795. The summed E-state index contributed by atoms with van der Waals surface area (Å²) in [7, 11) is 2.06. The van der Waals surface area contributed by atoms with Crippen molar-refractivity contribution in [1.82, 2.24) is 4.57 Å². The van der Waals surface area contributed by atoms with E-state index < -0.39 is 0 Å². The molecule has 3 heteroatoms. The summed E-state index contributed by atoms with van der Waals surface area (Å²) in [4.78, 5) is 13.9. The van der Waals surface area contributed by atoms with Crippen LogP contribution in [0.25, 0.3) is 10.9 Å². The van der Waals surface area contributed by atoms with E-state index in [0.717, 1.165) is 25.1 Å². The lowest BCUT2D eigenvalue weighted by molar-refractivity contribution is -0.117. The molecule has 0 unspecified atom stereocenters. The Labute approximate surface area is 107 Å². The summed E-state index contributed by atoms with van der Waals surface area (Å²) in [5, 5.41) is 1.28. The van der Waals surface area contributed by atoms with Gasteiger partial charge in [0.1, 0.15) is 0 Å². The van der Waals surface area contributed by atoms with Crippen molar-refractivity contribution in [3.8, 4) is 0 Å². The number of carbonyl (C=O) groups excluding carboxylic acids is 1. The monoisotopic (exact) mass is 242 g/mol. The molecule has 0 bridgehead atoms. The second-order valence-electron chi connectivity index (χ2n) is 4.94. The van der Waals surface area contributed by atoms with Gasteiger partial charge in [-0.2, -0.15) is 0 Å². The van der Waals surface area contributed by atoms with Gasteiger partial charge in [0.25, 0.3) is 0 Å². The molecule has 18 heavy (non-hydrogen) atoms. The fourth-order valence-corrected chi connectivity index (χ4v) is 2.93. The first-order valence-corrected chi connectivity index (χ1v) is 6.59. The van der Waals surface area contributed by atoms with Crippen molar-refractivity contribution in [2.45, 2.75) is 26.2 Å². The SMILES string of the molecule is CCc1cn(C)c2c(N3CCCC3=O)cccc12. The average molecular weight is 242 g/mol. The number of aryl methyl sites for hydroxylation is 2. The summed E-state index contributed by atoms with van der Waals surface area (Å²) in [6.07, 6.45) is 4.85. The van der Waals surface area contributed by atoms with E-state index in [0.29, 0.717) is 6.42 Å². The van der Waals surface area contributed by atoms with Crippen LogP contribution in [0.5, 0.6) is 0 Å². The molecule has 0 saturated carbocycles. The predicted molar refractivity (Wildman–Crippen MR) is 73.9 cm³/mol. The normalized spacial score (nSPS) is 15.9. The molecular formula is C15H18N2O. The third-order valence-electron chi connectivity index (χ3n) is 3.81. The molecule has 2 heterocycles. The molecule has 0 aliphatic carbocycles. The molecule has 1 aliphatic heterocycles. The van der Waals surface area contributed by atoms with Gasteiger partial charge >= 0.3 is 0 Å². The number of para-hydroxylation sites is 1. The van der Waals surface area contributed by atoms with Gasteiger partial charge in [-0.05, 0) is 24.5 Å². The maximum absolute atomic E-state index is 11.9. The van der Waals surface area contributed by atoms with Gasteiger partial charge in [-0.25, -0.2) is 0 Å². The highest BCUT2D eigenvalue weighted by Gasteiger charge is 2.24. The first-order chi connectivity index (χ1) is 8.72. The largest absolute Gasteiger partial charge is 0.349 e. The summed E-state index contributed by atoms with van der Waals surface area (Å²) < 4.78 is 2.15. The second kappa shape index (κ2) is 4.16. The lowest BCUT2D eigenvalue weighted by Crippen LogP contribution is -2.24. The summed E-state index contributed by atoms with van der Waals surface area (Å²) in [5.74, 6) is 0.252. The van der Waals surface area contributed by atoms with E-state index in [4.69, 9.17) is 0 Å². The average Bonchev–Trinajstić information content (AvgIpc) is 2.93. The number of rotatable bonds is 2. The highest BCUT2D eigenvalue weighted by molar-refractivity contribution is 6.04. The maximum Gasteiger partial charge on any atom is 0.227 e. The molecule has 1 aliphatic rings. The standard InChI is InChI=1S/C15H18N2O/c1-3-11-10-16(2)15-12(11)6-4-7-13(15)17-9-5-8-14(17)18/h4,6-7,10H,3,5,8-9H2,1-2H3. The molecule has 1 aromatic heterocycles. The molecule has 0 radical (unpaired) electrons. The highest BCUT2D eigenvalue weighted by atomic mass is 16.2. The van der Waals surface area contributed by atoms with Gasteiger partial charge in [-0.15, -0.1) is 0 Å². The molecule has 1 aromatic carbocycles. The van der Waals surface area contributed by atoms with E-state index in [1.54, 1.807) is 0 Å². The Bertz CT molecular complexity index is 612. The molecule has 3 rings (SSSR count). The fraction of sp³-hybridized carbons (Fsp3) is 0.400. The summed E-state index contributed by atoms with van der Waals surface area (Å²) in [6.45, 7) is 3.02. The Balaban J connectivity index is 2.23. The molecule has 1 amide bonds. The highest BCUT2D eigenvalue weighted by Crippen LogP contribution is 2.32. The number of aromatic nitrogens is 1. The van der Waals surface area contributed by atoms with Crippen LogP contribution in [-0.4, -0.2) is 17.0 Å². The molecular weight excluding hydrogens is 224 g/mol. The van der Waals surface area contributed by atoms with E-state index in [-0.39, 0.29) is 5.91 Å². The Morgan fingerprint density at radius 2 is 2.17 bits per heavy atom. The van der Waals surface area contributed by atoms with E-state index in [1.807, 2.05) is 4.90 Å². The molecule has 1 fully saturated rings. The number of carbonyl (C=O) groups is 1. The van der Waals surface area contributed by atoms with E-state index in [2.05, 4.69) is 42.9 Å². The van der Waals surface area contributed by atoms with Crippen LogP contribution in [0.2, 0.25) is 0 Å². The Morgan fingerprint density at radius 1 is 1.33 bits per heavy atom. The van der Waals surface area contributed by atoms with Crippen molar-refractivity contribution >= 4 is 22.5 Å². The van der Waals surface area contributed by atoms with Crippen LogP contribution >= 0.6 is 0 Å². The number of amides is 1. The van der Waals surface area contributed by atoms with Crippen LogP contribution in [0.1, 0.15) is 25.3 Å². The molecule has 0 spiro atoms. The third-order valence-corrected chi connectivity index (χ3v) is 3.81. The van der Waals surface area contributed by atoms with Crippen molar-refractivity contribution in [3.63, 3.8) is 0 Å². The Hall–Kier alpha value is -1.77. The van der Waals surface area contributed by atoms with Crippen molar-refractivity contribution in [2.75, 3.05) is 11.4 Å². The number of anilines is 1. The predicted octanol–water partition coefficient (Wildman–Crippen LogP) is 2.87. The van der Waals surface area contributed by atoms with Gasteiger partial charge in [-0.3, -0.25) is 4.79 Å². The van der Waals surface area contributed by atoms with Crippen LogP contribution in [-0.2, 0) is 18.3 Å². The van der Waals surface area contributed by atoms with E-state index in [1.165, 1.54) is 16.5 Å². The lowest BCUT2D eigenvalue weighted by Gasteiger charge is -2.17. The number of hydrogen-bond donors (Lipinski definition) is 0. The summed E-state index contributed by atoms with van der Waals surface area (Å²) >= 11 is 0. The zero-order valence-corrected chi connectivity index (χ0v) is 10.9. The fourth-order valence-electron chi connectivity index (χ4n) is 2.93. The number of benzene rings is 1. The van der Waals surface area contributed by atoms with Crippen LogP contribution in [0.15, 0.2) is 24.4 Å². The summed E-state index contributed by atoms with van der Waals surface area (Å²) in [5.41, 5.74) is 3.60. The summed E-state index contributed by atoms with van der Waals surface area (Å²) in [6, 6.07) is 6.27. The Kier molecular flexibility index (Phi) is 2.62. The van der Waals surface area contributed by atoms with Gasteiger partial charge in [0.15, 0.2) is 0 Å². The van der Waals surface area contributed by atoms with Crippen molar-refractivity contribution < 1.29 is 4.79 Å². The van der Waals surface area contributed by atoms with Gasteiger partial charge in [0.2, 0.25) is 5.91 Å². The van der Waals surface area contributed by atoms with Crippen LogP contribution in [0.3, 0.4) is 0 Å². The third kappa shape index (κ3) is 1.54. The topological polar surface area (TPSA) is 25.2 Å². The zero-order valence-electron chi connectivity index (χ0n) is 10.9. The minimum absolute atomic E-state index is 0.252. The van der Waals surface area contributed by atoms with Crippen molar-refractivity contribution in [2.24, 2.45) is 7.05 Å². The maximum atomic E-state index is 11.9. The molecule has 0 atom stereocenters. The zero-order chi connectivity index (χ0) is 12.7.